The van der Waals surface area contributed by atoms with Crippen LogP contribution >= 0.6 is 0 Å². The first-order chi connectivity index (χ1) is 16.9. The summed E-state index contributed by atoms with van der Waals surface area (Å²) in [6.45, 7) is 6.21. The third kappa shape index (κ3) is 6.12. The number of methoxy groups -OCH3 is 1. The molecule has 7 nitrogen and oxygen atoms in total. The number of benzene rings is 3. The van der Waals surface area contributed by atoms with E-state index in [0.29, 0.717) is 17.8 Å². The first-order valence-corrected chi connectivity index (χ1v) is 11.9. The maximum Gasteiger partial charge on any atom is 0.323 e. The highest BCUT2D eigenvalue weighted by atomic mass is 16.5. The van der Waals surface area contributed by atoms with Gasteiger partial charge in [-0.2, -0.15) is 0 Å². The molecule has 0 bridgehead atoms. The monoisotopic (exact) mass is 472 g/mol. The SMILES string of the molecule is COc1cccc(CNC(=O)c2ccc(N3CCCC3)c(NC(=O)Nc3ccc(C)cc3C)c2)c1. The first-order valence-electron chi connectivity index (χ1n) is 11.9. The Hall–Kier alpha value is -4.00. The molecule has 0 radical (unpaired) electrons. The summed E-state index contributed by atoms with van der Waals surface area (Å²) >= 11 is 0. The summed E-state index contributed by atoms with van der Waals surface area (Å²) in [4.78, 5) is 28.1. The van der Waals surface area contributed by atoms with E-state index in [1.165, 1.54) is 0 Å². The number of hydrogen-bond acceptors (Lipinski definition) is 4. The number of ether oxygens (including phenoxy) is 1. The minimum Gasteiger partial charge on any atom is -0.497 e. The Balaban J connectivity index is 1.51. The maximum atomic E-state index is 12.9. The molecule has 0 saturated carbocycles. The number of nitrogens with zero attached hydrogens (tertiary/aromatic N) is 1. The Bertz CT molecular complexity index is 1220. The van der Waals surface area contributed by atoms with Crippen molar-refractivity contribution in [1.29, 1.82) is 0 Å². The van der Waals surface area contributed by atoms with Gasteiger partial charge >= 0.3 is 6.03 Å². The molecule has 1 aliphatic heterocycles. The van der Waals surface area contributed by atoms with E-state index in [2.05, 4.69) is 20.9 Å². The van der Waals surface area contributed by atoms with Gasteiger partial charge in [-0.15, -0.1) is 0 Å². The van der Waals surface area contributed by atoms with Gasteiger partial charge in [-0.3, -0.25) is 4.79 Å². The minimum atomic E-state index is -0.341. The smallest absolute Gasteiger partial charge is 0.323 e. The lowest BCUT2D eigenvalue weighted by Gasteiger charge is -2.22. The maximum absolute atomic E-state index is 12.9. The molecule has 3 aromatic rings. The van der Waals surface area contributed by atoms with Crippen molar-refractivity contribution < 1.29 is 14.3 Å². The molecule has 0 spiro atoms. The molecular weight excluding hydrogens is 440 g/mol. The van der Waals surface area contributed by atoms with Gasteiger partial charge < -0.3 is 25.6 Å². The quantitative estimate of drug-likeness (QED) is 0.425. The van der Waals surface area contributed by atoms with Crippen LogP contribution in [0.15, 0.2) is 60.7 Å². The van der Waals surface area contributed by atoms with E-state index in [0.717, 1.165) is 59.7 Å². The van der Waals surface area contributed by atoms with E-state index in [4.69, 9.17) is 4.74 Å². The summed E-state index contributed by atoms with van der Waals surface area (Å²) in [6.07, 6.45) is 2.22. The lowest BCUT2D eigenvalue weighted by atomic mass is 10.1. The molecule has 0 aromatic heterocycles. The molecule has 182 valence electrons. The van der Waals surface area contributed by atoms with Crippen LogP contribution in [0.4, 0.5) is 21.9 Å². The number of aryl methyl sites for hydroxylation is 2. The van der Waals surface area contributed by atoms with Crippen molar-refractivity contribution in [2.24, 2.45) is 0 Å². The van der Waals surface area contributed by atoms with Gasteiger partial charge in [-0.05, 0) is 74.2 Å². The Morgan fingerprint density at radius 3 is 2.43 bits per heavy atom. The van der Waals surface area contributed by atoms with Crippen LogP contribution in [0.5, 0.6) is 5.75 Å². The Morgan fingerprint density at radius 2 is 1.69 bits per heavy atom. The Labute approximate surface area is 206 Å². The lowest BCUT2D eigenvalue weighted by molar-refractivity contribution is 0.0951. The van der Waals surface area contributed by atoms with Gasteiger partial charge in [0, 0.05) is 30.9 Å². The van der Waals surface area contributed by atoms with Crippen LogP contribution in [-0.2, 0) is 6.54 Å². The van der Waals surface area contributed by atoms with Crippen molar-refractivity contribution in [3.8, 4) is 5.75 Å². The predicted molar refractivity (Wildman–Crippen MR) is 141 cm³/mol. The topological polar surface area (TPSA) is 82.7 Å². The Morgan fingerprint density at radius 1 is 0.914 bits per heavy atom. The lowest BCUT2D eigenvalue weighted by Crippen LogP contribution is -2.26. The van der Waals surface area contributed by atoms with E-state index in [1.807, 2.05) is 68.4 Å². The second-order valence-corrected chi connectivity index (χ2v) is 8.86. The predicted octanol–water partition coefficient (Wildman–Crippen LogP) is 5.49. The van der Waals surface area contributed by atoms with Gasteiger partial charge in [0.25, 0.3) is 5.91 Å². The van der Waals surface area contributed by atoms with Gasteiger partial charge in [-0.25, -0.2) is 4.79 Å². The third-order valence-corrected chi connectivity index (χ3v) is 6.17. The highest BCUT2D eigenvalue weighted by Gasteiger charge is 2.19. The normalized spacial score (nSPS) is 12.8. The molecule has 3 N–H and O–H groups in total. The zero-order valence-corrected chi connectivity index (χ0v) is 20.5. The average Bonchev–Trinajstić information content (AvgIpc) is 3.39. The summed E-state index contributed by atoms with van der Waals surface area (Å²) in [6, 6.07) is 18.6. The second-order valence-electron chi connectivity index (χ2n) is 8.86. The van der Waals surface area contributed by atoms with Gasteiger partial charge in [0.1, 0.15) is 5.75 Å². The number of rotatable bonds is 7. The molecule has 35 heavy (non-hydrogen) atoms. The van der Waals surface area contributed by atoms with Crippen LogP contribution in [0.3, 0.4) is 0 Å². The number of urea groups is 1. The third-order valence-electron chi connectivity index (χ3n) is 6.17. The van der Waals surface area contributed by atoms with Gasteiger partial charge in [0.05, 0.1) is 18.5 Å². The van der Waals surface area contributed by atoms with Crippen LogP contribution in [0, 0.1) is 13.8 Å². The molecule has 3 amide bonds. The number of nitrogens with one attached hydrogen (secondary N) is 3. The minimum absolute atomic E-state index is 0.210. The number of anilines is 3. The average molecular weight is 473 g/mol. The summed E-state index contributed by atoms with van der Waals surface area (Å²) in [5, 5.41) is 8.85. The molecule has 0 atom stereocenters. The van der Waals surface area contributed by atoms with E-state index in [9.17, 15) is 9.59 Å². The molecule has 4 rings (SSSR count). The fourth-order valence-electron chi connectivity index (χ4n) is 4.31. The number of hydrogen-bond donors (Lipinski definition) is 3. The summed E-state index contributed by atoms with van der Waals surface area (Å²) in [5.74, 6) is 0.534. The summed E-state index contributed by atoms with van der Waals surface area (Å²) in [5.41, 5.74) is 5.84. The van der Waals surface area contributed by atoms with Crippen LogP contribution < -0.4 is 25.6 Å². The van der Waals surface area contributed by atoms with Crippen LogP contribution in [0.2, 0.25) is 0 Å². The molecule has 3 aromatic carbocycles. The van der Waals surface area contributed by atoms with Crippen LogP contribution in [0.25, 0.3) is 0 Å². The molecule has 1 fully saturated rings. The van der Waals surface area contributed by atoms with Crippen LogP contribution in [0.1, 0.15) is 39.9 Å². The standard InChI is InChI=1S/C28H32N4O3/c1-19-9-11-24(20(2)15-19)30-28(34)31-25-17-22(10-12-26(25)32-13-4-5-14-32)27(33)29-18-21-7-6-8-23(16-21)35-3/h6-12,15-17H,4-5,13-14,18H2,1-3H3,(H,29,33)(H2,30,31,34). The van der Waals surface area contributed by atoms with E-state index < -0.39 is 0 Å². The van der Waals surface area contributed by atoms with Crippen molar-refractivity contribution in [2.75, 3.05) is 35.7 Å². The molecule has 1 aliphatic rings. The van der Waals surface area contributed by atoms with E-state index in [-0.39, 0.29) is 11.9 Å². The van der Waals surface area contributed by atoms with Crippen LogP contribution in [-0.4, -0.2) is 32.1 Å². The molecule has 0 unspecified atom stereocenters. The van der Waals surface area contributed by atoms with Crippen molar-refractivity contribution in [2.45, 2.75) is 33.2 Å². The van der Waals surface area contributed by atoms with Crippen molar-refractivity contribution in [1.82, 2.24) is 5.32 Å². The number of carbonyl (C=O) groups excluding carboxylic acids is 2. The van der Waals surface area contributed by atoms with Crippen molar-refractivity contribution >= 4 is 29.0 Å². The van der Waals surface area contributed by atoms with Gasteiger partial charge in [-0.1, -0.05) is 29.8 Å². The second kappa shape index (κ2) is 11.0. The number of carbonyl (C=O) groups is 2. The Kier molecular flexibility index (Phi) is 7.55. The highest BCUT2D eigenvalue weighted by molar-refractivity contribution is 6.04. The largest absolute Gasteiger partial charge is 0.497 e. The first kappa shape index (κ1) is 24.1. The van der Waals surface area contributed by atoms with Crippen molar-refractivity contribution in [3.05, 3.63) is 82.9 Å². The summed E-state index contributed by atoms with van der Waals surface area (Å²) in [7, 11) is 1.62. The van der Waals surface area contributed by atoms with Crippen molar-refractivity contribution in [3.63, 3.8) is 0 Å². The molecule has 1 heterocycles. The highest BCUT2D eigenvalue weighted by Crippen LogP contribution is 2.30. The zero-order chi connectivity index (χ0) is 24.8. The van der Waals surface area contributed by atoms with Gasteiger partial charge in [0.2, 0.25) is 0 Å². The fraction of sp³-hybridized carbons (Fsp3) is 0.286. The van der Waals surface area contributed by atoms with E-state index in [1.54, 1.807) is 13.2 Å². The van der Waals surface area contributed by atoms with E-state index >= 15 is 0 Å². The molecule has 1 saturated heterocycles. The molecule has 0 aliphatic carbocycles. The molecule has 7 heteroatoms. The zero-order valence-electron chi connectivity index (χ0n) is 20.5. The number of amides is 3. The fourth-order valence-corrected chi connectivity index (χ4v) is 4.31. The molecular formula is C28H32N4O3. The van der Waals surface area contributed by atoms with Gasteiger partial charge in [0.15, 0.2) is 0 Å². The summed E-state index contributed by atoms with van der Waals surface area (Å²) < 4.78 is 5.25.